The Hall–Kier alpha value is 0.200. The molecule has 0 aromatic heterocycles. The molecule has 0 radical (unpaired) electrons. The first-order chi connectivity index (χ1) is 7.57. The fourth-order valence-corrected chi connectivity index (χ4v) is 2.73. The van der Waals surface area contributed by atoms with Crippen molar-refractivity contribution in [3.05, 3.63) is 0 Å². The molecule has 1 aliphatic rings. The summed E-state index contributed by atoms with van der Waals surface area (Å²) in [6.45, 7) is 2.06. The van der Waals surface area contributed by atoms with Gasteiger partial charge in [0.1, 0.15) is 0 Å². The van der Waals surface area contributed by atoms with Gasteiger partial charge in [-0.25, -0.2) is 0 Å². The molecule has 5 heteroatoms. The van der Waals surface area contributed by atoms with Crippen LogP contribution in [0, 0.1) is 17.8 Å². The molecule has 1 saturated carbocycles. The maximum Gasteiger partial charge on any atom is 2.00 e. The van der Waals surface area contributed by atoms with Crippen molar-refractivity contribution in [3.63, 3.8) is 0 Å². The summed E-state index contributed by atoms with van der Waals surface area (Å²) in [5.41, 5.74) is 0. The third-order valence-electron chi connectivity index (χ3n) is 3.56. The van der Waals surface area contributed by atoms with Crippen LogP contribution in [0.3, 0.4) is 0 Å². The molecule has 4 nitrogen and oxygen atoms in total. The summed E-state index contributed by atoms with van der Waals surface area (Å²) >= 11 is 0. The molecule has 17 heavy (non-hydrogen) atoms. The van der Waals surface area contributed by atoms with E-state index in [1.165, 1.54) is 0 Å². The Labute approximate surface area is 135 Å². The Morgan fingerprint density at radius 2 is 1.88 bits per heavy atom. The largest absolute Gasteiger partial charge is 2.00 e. The summed E-state index contributed by atoms with van der Waals surface area (Å²) in [6.07, 6.45) is 5.07. The number of carboxylic acid groups (broad SMARTS) is 2. The van der Waals surface area contributed by atoms with E-state index >= 15 is 0 Å². The molecule has 0 saturated heterocycles. The minimum Gasteiger partial charge on any atom is -1.00 e. The third kappa shape index (κ3) is 4.76. The van der Waals surface area contributed by atoms with E-state index in [4.69, 9.17) is 10.2 Å². The molecule has 3 unspecified atom stereocenters. The number of aliphatic carboxylic acids is 2. The van der Waals surface area contributed by atoms with Gasteiger partial charge >= 0.3 is 49.7 Å². The van der Waals surface area contributed by atoms with Gasteiger partial charge in [0.05, 0.1) is 11.8 Å². The first-order valence-electron chi connectivity index (χ1n) is 6.03. The monoisotopic (exact) mass is 270 g/mol. The van der Waals surface area contributed by atoms with Gasteiger partial charge < -0.3 is 13.1 Å². The van der Waals surface area contributed by atoms with E-state index in [0.29, 0.717) is 6.42 Å². The number of unbranched alkanes of at least 4 members (excludes halogenated alkanes) is 1. The van der Waals surface area contributed by atoms with Crippen LogP contribution in [0.1, 0.15) is 48.3 Å². The van der Waals surface area contributed by atoms with Crippen LogP contribution in [0.5, 0.6) is 0 Å². The van der Waals surface area contributed by atoms with E-state index in [-0.39, 0.29) is 46.5 Å². The topological polar surface area (TPSA) is 74.6 Å². The van der Waals surface area contributed by atoms with Crippen molar-refractivity contribution in [1.82, 2.24) is 0 Å². The molecule has 0 spiro atoms. The van der Waals surface area contributed by atoms with Crippen LogP contribution in [0.15, 0.2) is 0 Å². The summed E-state index contributed by atoms with van der Waals surface area (Å²) in [6, 6.07) is 0. The maximum absolute atomic E-state index is 11.2. The van der Waals surface area contributed by atoms with Crippen molar-refractivity contribution < 1.29 is 22.7 Å². The minimum absolute atomic E-state index is 0. The number of rotatable bonds is 5. The summed E-state index contributed by atoms with van der Waals surface area (Å²) in [5.74, 6) is -3.21. The van der Waals surface area contributed by atoms with Crippen LogP contribution in [0.25, 0.3) is 0 Å². The van der Waals surface area contributed by atoms with E-state index in [0.717, 1.165) is 32.1 Å². The maximum atomic E-state index is 11.2. The average molecular weight is 270 g/mol. The molecule has 96 valence electrons. The van der Waals surface area contributed by atoms with Crippen LogP contribution in [0.4, 0.5) is 0 Å². The van der Waals surface area contributed by atoms with Crippen LogP contribution >= 0.6 is 0 Å². The van der Waals surface area contributed by atoms with Crippen LogP contribution in [0.2, 0.25) is 0 Å². The molecular weight excluding hydrogens is 248 g/mol. The Morgan fingerprint density at radius 1 is 1.24 bits per heavy atom. The molecule has 0 aromatic carbocycles. The Bertz CT molecular complexity index is 276. The third-order valence-corrected chi connectivity index (χ3v) is 3.56. The van der Waals surface area contributed by atoms with Crippen LogP contribution < -0.4 is 0 Å². The van der Waals surface area contributed by atoms with Gasteiger partial charge in [0.25, 0.3) is 0 Å². The van der Waals surface area contributed by atoms with Gasteiger partial charge in [-0.1, -0.05) is 26.2 Å². The van der Waals surface area contributed by atoms with Crippen molar-refractivity contribution in [2.75, 3.05) is 0 Å². The summed E-state index contributed by atoms with van der Waals surface area (Å²) in [5, 5.41) is 18.2. The predicted molar refractivity (Wildman–Crippen MR) is 67.1 cm³/mol. The quantitative estimate of drug-likeness (QED) is 0.751. The number of hydrogen-bond donors (Lipinski definition) is 2. The molecule has 3 atom stereocenters. The molecule has 0 amide bonds. The fraction of sp³-hybridized carbons (Fsp3) is 0.833. The summed E-state index contributed by atoms with van der Waals surface area (Å²) in [4.78, 5) is 22.2. The van der Waals surface area contributed by atoms with Gasteiger partial charge in [-0.05, 0) is 25.2 Å². The van der Waals surface area contributed by atoms with Crippen molar-refractivity contribution in [2.24, 2.45) is 17.8 Å². The van der Waals surface area contributed by atoms with E-state index in [9.17, 15) is 9.59 Å². The number of hydrogen-bond acceptors (Lipinski definition) is 2. The van der Waals surface area contributed by atoms with Crippen molar-refractivity contribution in [1.29, 1.82) is 0 Å². The van der Waals surface area contributed by atoms with E-state index in [1.807, 2.05) is 0 Å². The summed E-state index contributed by atoms with van der Waals surface area (Å²) in [7, 11) is 0. The smallest absolute Gasteiger partial charge is 1.00 e. The molecule has 1 fully saturated rings. The average Bonchev–Trinajstić information content (AvgIpc) is 2.25. The standard InChI is InChI=1S/C12H20O4.Ca.2H/c1-2-3-5-8-6-4-7-9(11(13)14)10(8)12(15)16;;;/h8-10H,2-7H2,1H3,(H,13,14)(H,15,16);;;/q;+2;2*-1. The Balaban J connectivity index is -0.000000853. The van der Waals surface area contributed by atoms with Crippen molar-refractivity contribution in [2.45, 2.75) is 45.4 Å². The van der Waals surface area contributed by atoms with Crippen molar-refractivity contribution in [3.8, 4) is 0 Å². The van der Waals surface area contributed by atoms with Gasteiger partial charge in [0.2, 0.25) is 0 Å². The Kier molecular flexibility index (Phi) is 8.43. The first kappa shape index (κ1) is 17.2. The number of carbonyl (C=O) groups is 2. The predicted octanol–water partition coefficient (Wildman–Crippen LogP) is 2.22. The zero-order valence-electron chi connectivity index (χ0n) is 12.4. The molecule has 0 aromatic rings. The molecular formula is C12H22CaO4. The molecule has 1 aliphatic carbocycles. The first-order valence-corrected chi connectivity index (χ1v) is 6.03. The fourth-order valence-electron chi connectivity index (χ4n) is 2.73. The van der Waals surface area contributed by atoms with Gasteiger partial charge in [-0.15, -0.1) is 0 Å². The zero-order chi connectivity index (χ0) is 12.1. The summed E-state index contributed by atoms with van der Waals surface area (Å²) < 4.78 is 0. The minimum atomic E-state index is -0.950. The second kappa shape index (κ2) is 8.33. The van der Waals surface area contributed by atoms with Crippen LogP contribution in [-0.4, -0.2) is 59.9 Å². The molecule has 0 heterocycles. The second-order valence-corrected chi connectivity index (χ2v) is 4.64. The van der Waals surface area contributed by atoms with Gasteiger partial charge in [0, 0.05) is 0 Å². The van der Waals surface area contributed by atoms with Gasteiger partial charge in [-0.2, -0.15) is 0 Å². The molecule has 1 rings (SSSR count). The second-order valence-electron chi connectivity index (χ2n) is 4.64. The van der Waals surface area contributed by atoms with Crippen molar-refractivity contribution >= 4 is 49.7 Å². The zero-order valence-corrected chi connectivity index (χ0v) is 12.6. The van der Waals surface area contributed by atoms with Gasteiger partial charge in [-0.3, -0.25) is 9.59 Å². The van der Waals surface area contributed by atoms with Gasteiger partial charge in [0.15, 0.2) is 0 Å². The Morgan fingerprint density at radius 3 is 2.35 bits per heavy atom. The van der Waals surface area contributed by atoms with E-state index in [2.05, 4.69) is 6.92 Å². The molecule has 0 aliphatic heterocycles. The van der Waals surface area contributed by atoms with E-state index < -0.39 is 23.8 Å². The SMILES string of the molecule is CCCCC1CCCC(C(=O)O)C1C(=O)O.[Ca+2].[H-].[H-]. The van der Waals surface area contributed by atoms with Crippen LogP contribution in [-0.2, 0) is 9.59 Å². The number of carboxylic acids is 2. The molecule has 2 N–H and O–H groups in total. The molecule has 0 bridgehead atoms. The normalized spacial score (nSPS) is 28.2. The van der Waals surface area contributed by atoms with E-state index in [1.54, 1.807) is 0 Å².